The molecule has 0 fully saturated rings. The molecule has 9 heteroatoms. The number of benzene rings is 2. The first-order valence-corrected chi connectivity index (χ1v) is 10.1. The fraction of sp³-hybridized carbons (Fsp3) is 0.167. The molecule has 33 heavy (non-hydrogen) atoms. The predicted molar refractivity (Wildman–Crippen MR) is 124 cm³/mol. The number of nitrogens with one attached hydrogen (secondary N) is 3. The number of aromatic nitrogens is 1. The number of H-pyrrole nitrogens is 1. The second-order valence-corrected chi connectivity index (χ2v) is 7.46. The lowest BCUT2D eigenvalue weighted by atomic mass is 10.0. The number of hydrogen-bond donors (Lipinski definition) is 3. The van der Waals surface area contributed by atoms with E-state index in [-0.39, 0.29) is 17.4 Å². The topological polar surface area (TPSA) is 120 Å². The number of nitrogens with zero attached hydrogens (tertiary/aromatic N) is 2. The molecule has 1 aliphatic heterocycles. The van der Waals surface area contributed by atoms with Crippen molar-refractivity contribution in [3.05, 3.63) is 77.2 Å². The SMILES string of the molecule is C=NC(=N)c1cccc(CN2C=C(C(=O)OC)NC(=O)C2c2c[nH]c3ccc(OC)cc23)c1. The van der Waals surface area contributed by atoms with Crippen molar-refractivity contribution in [1.29, 1.82) is 5.41 Å². The summed E-state index contributed by atoms with van der Waals surface area (Å²) in [6.45, 7) is 3.71. The second-order valence-electron chi connectivity index (χ2n) is 7.46. The molecule has 4 rings (SSSR count). The van der Waals surface area contributed by atoms with Crippen LogP contribution < -0.4 is 10.1 Å². The number of carbonyl (C=O) groups excluding carboxylic acids is 2. The van der Waals surface area contributed by atoms with Crippen molar-refractivity contribution in [2.45, 2.75) is 12.6 Å². The predicted octanol–water partition coefficient (Wildman–Crippen LogP) is 2.89. The lowest BCUT2D eigenvalue weighted by Gasteiger charge is -2.34. The zero-order chi connectivity index (χ0) is 23.5. The maximum Gasteiger partial charge on any atom is 0.356 e. The molecule has 168 valence electrons. The van der Waals surface area contributed by atoms with Crippen LogP contribution in [0.5, 0.6) is 5.75 Å². The van der Waals surface area contributed by atoms with Crippen molar-refractivity contribution in [3.8, 4) is 5.75 Å². The summed E-state index contributed by atoms with van der Waals surface area (Å²) in [4.78, 5) is 34.1. The number of methoxy groups -OCH3 is 2. The summed E-state index contributed by atoms with van der Waals surface area (Å²) in [6, 6.07) is 12.1. The van der Waals surface area contributed by atoms with Crippen LogP contribution in [0.1, 0.15) is 22.7 Å². The van der Waals surface area contributed by atoms with Gasteiger partial charge in [0.1, 0.15) is 17.5 Å². The Kier molecular flexibility index (Phi) is 5.95. The van der Waals surface area contributed by atoms with Gasteiger partial charge in [0.2, 0.25) is 0 Å². The Labute approximate surface area is 190 Å². The number of amidine groups is 1. The third-order valence-electron chi connectivity index (χ3n) is 5.48. The molecule has 1 atom stereocenters. The van der Waals surface area contributed by atoms with E-state index in [4.69, 9.17) is 14.9 Å². The van der Waals surface area contributed by atoms with Crippen LogP contribution in [0.15, 0.2) is 65.6 Å². The largest absolute Gasteiger partial charge is 0.497 e. The lowest BCUT2D eigenvalue weighted by Crippen LogP contribution is -2.44. The minimum absolute atomic E-state index is 0.0489. The Bertz CT molecular complexity index is 1290. The van der Waals surface area contributed by atoms with Crippen molar-refractivity contribution in [1.82, 2.24) is 15.2 Å². The smallest absolute Gasteiger partial charge is 0.356 e. The lowest BCUT2D eigenvalue weighted by molar-refractivity contribution is -0.139. The van der Waals surface area contributed by atoms with Crippen LogP contribution >= 0.6 is 0 Å². The molecular formula is C24H23N5O4. The van der Waals surface area contributed by atoms with Crippen LogP contribution in [-0.4, -0.2) is 48.5 Å². The molecular weight excluding hydrogens is 422 g/mol. The average molecular weight is 445 g/mol. The molecule has 9 nitrogen and oxygen atoms in total. The highest BCUT2D eigenvalue weighted by Gasteiger charge is 2.35. The van der Waals surface area contributed by atoms with Crippen LogP contribution in [0, 0.1) is 5.41 Å². The Hall–Kier alpha value is -4.40. The molecule has 3 N–H and O–H groups in total. The molecule has 2 aromatic carbocycles. The summed E-state index contributed by atoms with van der Waals surface area (Å²) in [5.41, 5.74) is 3.08. The number of ether oxygens (including phenoxy) is 2. The Morgan fingerprint density at radius 2 is 2.06 bits per heavy atom. The van der Waals surface area contributed by atoms with E-state index in [9.17, 15) is 9.59 Å². The van der Waals surface area contributed by atoms with E-state index in [0.717, 1.165) is 22.0 Å². The molecule has 1 aromatic heterocycles. The Balaban J connectivity index is 1.79. The van der Waals surface area contributed by atoms with E-state index in [1.807, 2.05) is 36.4 Å². The molecule has 1 amide bonds. The van der Waals surface area contributed by atoms with Crippen molar-refractivity contribution in [2.75, 3.05) is 14.2 Å². The molecule has 0 spiro atoms. The van der Waals surface area contributed by atoms with Gasteiger partial charge < -0.3 is 24.7 Å². The molecule has 0 saturated carbocycles. The van der Waals surface area contributed by atoms with Gasteiger partial charge in [-0.2, -0.15) is 0 Å². The van der Waals surface area contributed by atoms with Gasteiger partial charge in [-0.1, -0.05) is 18.2 Å². The number of hydrogen-bond acceptors (Lipinski definition) is 6. The summed E-state index contributed by atoms with van der Waals surface area (Å²) in [6.07, 6.45) is 3.37. The number of carbonyl (C=O) groups is 2. The Morgan fingerprint density at radius 3 is 2.79 bits per heavy atom. The van der Waals surface area contributed by atoms with Gasteiger partial charge in [0.15, 0.2) is 5.84 Å². The van der Waals surface area contributed by atoms with E-state index in [1.165, 1.54) is 7.11 Å². The maximum absolute atomic E-state index is 13.2. The molecule has 0 aliphatic carbocycles. The third-order valence-corrected chi connectivity index (χ3v) is 5.48. The summed E-state index contributed by atoms with van der Waals surface area (Å²) >= 11 is 0. The van der Waals surface area contributed by atoms with Crippen molar-refractivity contribution in [2.24, 2.45) is 4.99 Å². The zero-order valence-electron chi connectivity index (χ0n) is 18.2. The number of esters is 1. The van der Waals surface area contributed by atoms with Gasteiger partial charge in [-0.05, 0) is 36.5 Å². The standard InChI is InChI=1S/C24H23N5O4/c1-26-22(25)15-6-4-5-14(9-15)12-29-13-20(24(31)33-3)28-23(30)21(29)18-11-27-19-8-7-16(32-2)10-17(18)19/h4-11,13,21,25,27H,1,12H2,2-3H3,(H,28,30). The minimum atomic E-state index is -0.722. The van der Waals surface area contributed by atoms with Gasteiger partial charge in [-0.3, -0.25) is 10.2 Å². The fourth-order valence-electron chi connectivity index (χ4n) is 3.89. The van der Waals surface area contributed by atoms with E-state index >= 15 is 0 Å². The van der Waals surface area contributed by atoms with Gasteiger partial charge >= 0.3 is 5.97 Å². The number of aromatic amines is 1. The van der Waals surface area contributed by atoms with E-state index < -0.39 is 12.0 Å². The maximum atomic E-state index is 13.2. The highest BCUT2D eigenvalue weighted by atomic mass is 16.5. The summed E-state index contributed by atoms with van der Waals surface area (Å²) in [5, 5.41) is 11.4. The summed E-state index contributed by atoms with van der Waals surface area (Å²) < 4.78 is 10.2. The van der Waals surface area contributed by atoms with E-state index in [0.29, 0.717) is 17.9 Å². The van der Waals surface area contributed by atoms with Crippen molar-refractivity contribution >= 4 is 35.3 Å². The highest BCUT2D eigenvalue weighted by Crippen LogP contribution is 2.34. The van der Waals surface area contributed by atoms with E-state index in [1.54, 1.807) is 30.5 Å². The van der Waals surface area contributed by atoms with Gasteiger partial charge in [-0.15, -0.1) is 0 Å². The van der Waals surface area contributed by atoms with Crippen LogP contribution in [0.4, 0.5) is 0 Å². The quantitative estimate of drug-likeness (QED) is 0.306. The molecule has 1 aliphatic rings. The molecule has 1 unspecified atom stereocenters. The van der Waals surface area contributed by atoms with Gasteiger partial charge in [0.25, 0.3) is 5.91 Å². The number of rotatable bonds is 6. The van der Waals surface area contributed by atoms with Gasteiger partial charge in [0.05, 0.1) is 14.2 Å². The molecule has 0 radical (unpaired) electrons. The van der Waals surface area contributed by atoms with Crippen molar-refractivity contribution in [3.63, 3.8) is 0 Å². The van der Waals surface area contributed by atoms with Gasteiger partial charge in [0, 0.05) is 41.0 Å². The van der Waals surface area contributed by atoms with Crippen LogP contribution in [-0.2, 0) is 20.9 Å². The number of aliphatic imine (C=N–C) groups is 1. The third kappa shape index (κ3) is 4.20. The minimum Gasteiger partial charge on any atom is -0.497 e. The second kappa shape index (κ2) is 8.99. The van der Waals surface area contributed by atoms with Crippen LogP contribution in [0.25, 0.3) is 10.9 Å². The normalized spacial score (nSPS) is 15.6. The van der Waals surface area contributed by atoms with E-state index in [2.05, 4.69) is 22.0 Å². The first kappa shape index (κ1) is 21.8. The van der Waals surface area contributed by atoms with Gasteiger partial charge in [-0.25, -0.2) is 9.79 Å². The zero-order valence-corrected chi connectivity index (χ0v) is 18.2. The van der Waals surface area contributed by atoms with Crippen LogP contribution in [0.3, 0.4) is 0 Å². The average Bonchev–Trinajstić information content (AvgIpc) is 3.25. The number of fused-ring (bicyclic) bond motifs is 1. The Morgan fingerprint density at radius 1 is 1.24 bits per heavy atom. The first-order valence-electron chi connectivity index (χ1n) is 10.1. The monoisotopic (exact) mass is 445 g/mol. The van der Waals surface area contributed by atoms with Crippen LogP contribution in [0.2, 0.25) is 0 Å². The fourth-order valence-corrected chi connectivity index (χ4v) is 3.89. The number of amides is 1. The first-order chi connectivity index (χ1) is 15.9. The molecule has 3 aromatic rings. The summed E-state index contributed by atoms with van der Waals surface area (Å²) in [5.74, 6) is -0.281. The van der Waals surface area contributed by atoms with Crippen molar-refractivity contribution < 1.29 is 19.1 Å². The molecule has 0 saturated heterocycles. The molecule has 0 bridgehead atoms. The molecule has 2 heterocycles. The summed E-state index contributed by atoms with van der Waals surface area (Å²) in [7, 11) is 2.84. The highest BCUT2D eigenvalue weighted by molar-refractivity contribution is 6.00.